The van der Waals surface area contributed by atoms with Gasteiger partial charge in [0.25, 0.3) is 0 Å². The molecule has 8 heavy (non-hydrogen) atoms. The molecule has 1 heterocycles. The van der Waals surface area contributed by atoms with Crippen molar-refractivity contribution in [2.24, 2.45) is 0 Å². The maximum Gasteiger partial charge on any atom is 0.0451 e. The van der Waals surface area contributed by atoms with Crippen LogP contribution in [0.3, 0.4) is 0 Å². The molecule has 40 valence electrons. The Balaban J connectivity index is 0.000000222. The predicted molar refractivity (Wildman–Crippen MR) is 31.9 cm³/mol. The second-order valence-electron chi connectivity index (χ2n) is 0.894. The fourth-order valence-electron chi connectivity index (χ4n) is 0.253. The van der Waals surface area contributed by atoms with Crippen molar-refractivity contribution in [1.82, 2.24) is 9.97 Å². The lowest BCUT2D eigenvalue weighted by Gasteiger charge is -1.70. The minimum atomic E-state index is 1.64. The van der Waals surface area contributed by atoms with Crippen LogP contribution in [0.4, 0.5) is 0 Å². The van der Waals surface area contributed by atoms with Crippen molar-refractivity contribution in [2.75, 3.05) is 0 Å². The van der Waals surface area contributed by atoms with E-state index in [0.29, 0.717) is 0 Å². The van der Waals surface area contributed by atoms with Crippen molar-refractivity contribution < 1.29 is 0 Å². The molecule has 0 spiro atoms. The first-order valence-electron chi connectivity index (χ1n) is 2.03. The highest BCUT2D eigenvalue weighted by Crippen LogP contribution is 1.65. The minimum absolute atomic E-state index is 1.64. The Kier molecular flexibility index (Phi) is 4.68. The smallest absolute Gasteiger partial charge is 0.0451 e. The first-order chi connectivity index (χ1) is 4.00. The Labute approximate surface area is 48.6 Å². The molecule has 0 fully saturated rings. The molecule has 0 aliphatic rings. The van der Waals surface area contributed by atoms with Crippen molar-refractivity contribution >= 4 is 0 Å². The van der Waals surface area contributed by atoms with Gasteiger partial charge in [-0.05, 0) is 0 Å². The summed E-state index contributed by atoms with van der Waals surface area (Å²) < 4.78 is 0. The average Bonchev–Trinajstić information content (AvgIpc) is 1.96. The zero-order chi connectivity index (χ0) is 6.24. The molecule has 0 aromatic carbocycles. The molecule has 0 radical (unpaired) electrons. The van der Waals surface area contributed by atoms with Gasteiger partial charge in [-0.25, -0.2) is 0 Å². The lowest BCUT2D eigenvalue weighted by molar-refractivity contribution is 1.20. The Morgan fingerprint density at radius 1 is 0.750 bits per heavy atom. The van der Waals surface area contributed by atoms with Gasteiger partial charge in [0.2, 0.25) is 0 Å². The summed E-state index contributed by atoms with van der Waals surface area (Å²) in [7, 11) is 0. The fraction of sp³-hybridized carbons (Fsp3) is 0. The van der Waals surface area contributed by atoms with Crippen LogP contribution in [0.15, 0.2) is 24.8 Å². The van der Waals surface area contributed by atoms with E-state index in [1.54, 1.807) is 24.8 Å². The predicted octanol–water partition coefficient (Wildman–Crippen LogP) is 0.726. The van der Waals surface area contributed by atoms with Gasteiger partial charge in [0, 0.05) is 24.8 Å². The topological polar surface area (TPSA) is 25.8 Å². The van der Waals surface area contributed by atoms with Crippen LogP contribution >= 0.6 is 0 Å². The third-order valence-electron chi connectivity index (χ3n) is 0.478. The summed E-state index contributed by atoms with van der Waals surface area (Å²) in [4.78, 5) is 7.44. The van der Waals surface area contributed by atoms with Crippen LogP contribution < -0.4 is 0 Å². The van der Waals surface area contributed by atoms with E-state index in [2.05, 4.69) is 22.8 Å². The molecule has 1 aromatic rings. The molecule has 2 nitrogen and oxygen atoms in total. The maximum absolute atomic E-state index is 4.00. The number of hydrogen-bond acceptors (Lipinski definition) is 2. The minimum Gasteiger partial charge on any atom is -0.262 e. The van der Waals surface area contributed by atoms with Crippen molar-refractivity contribution in [2.45, 2.75) is 0 Å². The molecule has 0 aliphatic heterocycles. The molecule has 0 amide bonds. The summed E-state index contributed by atoms with van der Waals surface area (Å²) in [6.07, 6.45) is 14.6. The lowest BCUT2D eigenvalue weighted by atomic mass is 10.8. The quantitative estimate of drug-likeness (QED) is 0.455. The Morgan fingerprint density at radius 3 is 1.12 bits per heavy atom. The standard InChI is InChI=1S/C4H4N2.C2H2/c1-2-6-4-3-5-1;1-2/h1-4H;1-2H. The van der Waals surface area contributed by atoms with Gasteiger partial charge in [-0.1, -0.05) is 0 Å². The van der Waals surface area contributed by atoms with Gasteiger partial charge in [0.15, 0.2) is 0 Å². The van der Waals surface area contributed by atoms with E-state index in [9.17, 15) is 0 Å². The zero-order valence-electron chi connectivity index (χ0n) is 4.36. The van der Waals surface area contributed by atoms with Crippen molar-refractivity contribution in [3.63, 3.8) is 0 Å². The molecule has 0 aliphatic carbocycles. The van der Waals surface area contributed by atoms with Gasteiger partial charge in [-0.2, -0.15) is 0 Å². The molecule has 0 saturated carbocycles. The highest BCUT2D eigenvalue weighted by Gasteiger charge is 1.59. The van der Waals surface area contributed by atoms with E-state index in [4.69, 9.17) is 0 Å². The Hall–Kier alpha value is -1.36. The Bertz CT molecular complexity index is 107. The maximum atomic E-state index is 4.00. The van der Waals surface area contributed by atoms with Crippen LogP contribution in [-0.2, 0) is 0 Å². The van der Waals surface area contributed by atoms with Crippen LogP contribution in [0.25, 0.3) is 0 Å². The molecule has 1 aromatic heterocycles. The summed E-state index contributed by atoms with van der Waals surface area (Å²) in [6, 6.07) is 0. The first-order valence-corrected chi connectivity index (χ1v) is 2.03. The largest absolute Gasteiger partial charge is 0.262 e. The van der Waals surface area contributed by atoms with Crippen LogP contribution in [-0.4, -0.2) is 9.97 Å². The lowest BCUT2D eigenvalue weighted by Crippen LogP contribution is -1.66. The van der Waals surface area contributed by atoms with Gasteiger partial charge in [-0.15, -0.1) is 12.8 Å². The molecule has 0 unspecified atom stereocenters. The molecular formula is C6H6N2. The summed E-state index contributed by atoms with van der Waals surface area (Å²) in [5.41, 5.74) is 0. The zero-order valence-corrected chi connectivity index (χ0v) is 4.36. The van der Waals surface area contributed by atoms with Gasteiger partial charge >= 0.3 is 0 Å². The molecule has 0 bridgehead atoms. The van der Waals surface area contributed by atoms with Crippen LogP contribution in [0.1, 0.15) is 0 Å². The van der Waals surface area contributed by atoms with E-state index < -0.39 is 0 Å². The summed E-state index contributed by atoms with van der Waals surface area (Å²) in [5.74, 6) is 0. The third kappa shape index (κ3) is 2.86. The second-order valence-corrected chi connectivity index (χ2v) is 0.894. The van der Waals surface area contributed by atoms with E-state index >= 15 is 0 Å². The number of hydrogen-bond donors (Lipinski definition) is 0. The molecular weight excluding hydrogens is 100 g/mol. The SMILES string of the molecule is C#C.c1cnccn1. The van der Waals surface area contributed by atoms with Gasteiger partial charge in [0.05, 0.1) is 0 Å². The monoisotopic (exact) mass is 106 g/mol. The Morgan fingerprint density at radius 2 is 1.00 bits per heavy atom. The molecule has 0 atom stereocenters. The average molecular weight is 106 g/mol. The van der Waals surface area contributed by atoms with E-state index in [0.717, 1.165) is 0 Å². The fourth-order valence-corrected chi connectivity index (χ4v) is 0.253. The van der Waals surface area contributed by atoms with Crippen LogP contribution in [0, 0.1) is 12.8 Å². The van der Waals surface area contributed by atoms with Crippen LogP contribution in [0.2, 0.25) is 0 Å². The highest BCUT2D eigenvalue weighted by molar-refractivity contribution is 4.70. The van der Waals surface area contributed by atoms with Gasteiger partial charge in [0.1, 0.15) is 0 Å². The summed E-state index contributed by atoms with van der Waals surface area (Å²) >= 11 is 0. The van der Waals surface area contributed by atoms with Crippen molar-refractivity contribution in [3.8, 4) is 12.8 Å². The van der Waals surface area contributed by atoms with Gasteiger partial charge < -0.3 is 0 Å². The number of nitrogens with zero attached hydrogens (tertiary/aromatic N) is 2. The van der Waals surface area contributed by atoms with Crippen molar-refractivity contribution in [3.05, 3.63) is 24.8 Å². The summed E-state index contributed by atoms with van der Waals surface area (Å²) in [5, 5.41) is 0. The molecule has 0 N–H and O–H groups in total. The van der Waals surface area contributed by atoms with Crippen molar-refractivity contribution in [1.29, 1.82) is 0 Å². The second kappa shape index (κ2) is 5.64. The first kappa shape index (κ1) is 6.64. The number of aromatic nitrogens is 2. The number of terminal acetylenes is 1. The highest BCUT2D eigenvalue weighted by atomic mass is 14.7. The van der Waals surface area contributed by atoms with Gasteiger partial charge in [-0.3, -0.25) is 9.97 Å². The number of rotatable bonds is 0. The molecule has 1 rings (SSSR count). The van der Waals surface area contributed by atoms with E-state index in [1.165, 1.54) is 0 Å². The van der Waals surface area contributed by atoms with E-state index in [1.807, 2.05) is 0 Å². The molecule has 0 saturated heterocycles. The normalized spacial score (nSPS) is 6.25. The third-order valence-corrected chi connectivity index (χ3v) is 0.478. The summed E-state index contributed by atoms with van der Waals surface area (Å²) in [6.45, 7) is 0. The molecule has 2 heteroatoms. The van der Waals surface area contributed by atoms with E-state index in [-0.39, 0.29) is 0 Å². The van der Waals surface area contributed by atoms with Crippen LogP contribution in [0.5, 0.6) is 0 Å².